The summed E-state index contributed by atoms with van der Waals surface area (Å²) in [4.78, 5) is 32.8. The summed E-state index contributed by atoms with van der Waals surface area (Å²) < 4.78 is 23.8. The fourth-order valence-electron chi connectivity index (χ4n) is 4.26. The SMILES string of the molecule is CCOC(=O)C1(C[C@@H]2CC(c3ccc(F)cc3)=NO2)CCN(C(=O)c2ccco2)CC1. The molecule has 0 N–H and O–H groups in total. The number of ether oxygens (including phenoxy) is 1. The molecule has 4 rings (SSSR count). The molecule has 1 atom stereocenters. The normalized spacial score (nSPS) is 20.1. The van der Waals surface area contributed by atoms with Crippen molar-refractivity contribution in [2.75, 3.05) is 19.7 Å². The Morgan fingerprint density at radius 3 is 2.61 bits per heavy atom. The van der Waals surface area contributed by atoms with Crippen LogP contribution in [0.2, 0.25) is 0 Å². The first-order chi connectivity index (χ1) is 15.0. The molecule has 2 aliphatic heterocycles. The number of nitrogens with zero attached hydrogens (tertiary/aromatic N) is 2. The molecule has 0 radical (unpaired) electrons. The average Bonchev–Trinajstić information content (AvgIpc) is 3.47. The maximum Gasteiger partial charge on any atom is 0.312 e. The molecule has 31 heavy (non-hydrogen) atoms. The van der Waals surface area contributed by atoms with Gasteiger partial charge >= 0.3 is 5.97 Å². The molecule has 1 amide bonds. The number of carbonyl (C=O) groups is 2. The van der Waals surface area contributed by atoms with Crippen molar-refractivity contribution in [1.82, 2.24) is 4.90 Å². The highest BCUT2D eigenvalue weighted by Gasteiger charge is 2.46. The van der Waals surface area contributed by atoms with Crippen LogP contribution in [0.4, 0.5) is 4.39 Å². The molecule has 0 unspecified atom stereocenters. The first kappa shape index (κ1) is 21.1. The van der Waals surface area contributed by atoms with Crippen LogP contribution in [-0.4, -0.2) is 48.3 Å². The Morgan fingerprint density at radius 1 is 1.23 bits per heavy atom. The molecule has 8 heteroatoms. The average molecular weight is 428 g/mol. The number of amides is 1. The lowest BCUT2D eigenvalue weighted by Crippen LogP contribution is -2.48. The van der Waals surface area contributed by atoms with Gasteiger partial charge in [-0.25, -0.2) is 4.39 Å². The third-order valence-corrected chi connectivity index (χ3v) is 5.98. The number of rotatable bonds is 6. The Bertz CT molecular complexity index is 947. The minimum atomic E-state index is -0.742. The van der Waals surface area contributed by atoms with Gasteiger partial charge in [0.15, 0.2) is 5.76 Å². The van der Waals surface area contributed by atoms with E-state index >= 15 is 0 Å². The van der Waals surface area contributed by atoms with Gasteiger partial charge in [0.1, 0.15) is 11.9 Å². The van der Waals surface area contributed by atoms with Gasteiger partial charge in [-0.05, 0) is 49.6 Å². The summed E-state index contributed by atoms with van der Waals surface area (Å²) >= 11 is 0. The Balaban J connectivity index is 1.42. The maximum absolute atomic E-state index is 13.2. The molecule has 2 aliphatic rings. The van der Waals surface area contributed by atoms with Gasteiger partial charge in [-0.3, -0.25) is 9.59 Å². The molecule has 1 fully saturated rings. The van der Waals surface area contributed by atoms with Crippen molar-refractivity contribution in [3.8, 4) is 0 Å². The first-order valence-electron chi connectivity index (χ1n) is 10.5. The standard InChI is InChI=1S/C23H25FN2O5/c1-2-29-22(28)23(9-11-26(12-10-23)21(27)20-4-3-13-30-20)15-18-14-19(25-31-18)16-5-7-17(24)8-6-16/h3-8,13,18H,2,9-12,14-15H2,1H3/t18-/m0/s1. The fraction of sp³-hybridized carbons (Fsp3) is 0.435. The summed E-state index contributed by atoms with van der Waals surface area (Å²) in [5.74, 6) is -0.461. The minimum Gasteiger partial charge on any atom is -0.466 e. The van der Waals surface area contributed by atoms with Crippen molar-refractivity contribution in [3.05, 3.63) is 59.8 Å². The smallest absolute Gasteiger partial charge is 0.312 e. The molecule has 1 saturated heterocycles. The van der Waals surface area contributed by atoms with Crippen molar-refractivity contribution in [3.63, 3.8) is 0 Å². The summed E-state index contributed by atoms with van der Waals surface area (Å²) in [5, 5.41) is 4.16. The summed E-state index contributed by atoms with van der Waals surface area (Å²) in [6, 6.07) is 9.42. The largest absolute Gasteiger partial charge is 0.466 e. The van der Waals surface area contributed by atoms with Crippen LogP contribution < -0.4 is 0 Å². The number of carbonyl (C=O) groups excluding carboxylic acids is 2. The Morgan fingerprint density at radius 2 is 1.97 bits per heavy atom. The molecule has 0 spiro atoms. The molecule has 7 nitrogen and oxygen atoms in total. The molecular formula is C23H25FN2O5. The number of esters is 1. The highest BCUT2D eigenvalue weighted by Crippen LogP contribution is 2.40. The summed E-state index contributed by atoms with van der Waals surface area (Å²) in [5.41, 5.74) is 0.788. The maximum atomic E-state index is 13.2. The molecule has 2 aromatic rings. The van der Waals surface area contributed by atoms with E-state index in [0.29, 0.717) is 51.1 Å². The lowest BCUT2D eigenvalue weighted by molar-refractivity contribution is -0.161. The van der Waals surface area contributed by atoms with E-state index in [2.05, 4.69) is 5.16 Å². The Labute approximate surface area is 179 Å². The second-order valence-electron chi connectivity index (χ2n) is 7.95. The predicted octanol–water partition coefficient (Wildman–Crippen LogP) is 3.79. The van der Waals surface area contributed by atoms with Gasteiger partial charge in [0.2, 0.25) is 0 Å². The van der Waals surface area contributed by atoms with E-state index in [1.54, 1.807) is 36.1 Å². The number of furan rings is 1. The molecule has 1 aromatic carbocycles. The third-order valence-electron chi connectivity index (χ3n) is 5.98. The van der Waals surface area contributed by atoms with Gasteiger partial charge in [-0.1, -0.05) is 17.3 Å². The molecule has 3 heterocycles. The minimum absolute atomic E-state index is 0.179. The number of oxime groups is 1. The summed E-state index contributed by atoms with van der Waals surface area (Å²) in [6.07, 6.45) is 3.12. The fourth-order valence-corrected chi connectivity index (χ4v) is 4.26. The summed E-state index contributed by atoms with van der Waals surface area (Å²) in [6.45, 7) is 2.93. The van der Waals surface area contributed by atoms with E-state index < -0.39 is 5.41 Å². The van der Waals surface area contributed by atoms with Crippen LogP contribution in [0.5, 0.6) is 0 Å². The zero-order valence-electron chi connectivity index (χ0n) is 17.4. The zero-order chi connectivity index (χ0) is 21.8. The van der Waals surface area contributed by atoms with Gasteiger partial charge in [-0.15, -0.1) is 0 Å². The highest BCUT2D eigenvalue weighted by molar-refractivity contribution is 6.01. The molecule has 0 aliphatic carbocycles. The van der Waals surface area contributed by atoms with Crippen molar-refractivity contribution in [1.29, 1.82) is 0 Å². The topological polar surface area (TPSA) is 81.3 Å². The van der Waals surface area contributed by atoms with Crippen molar-refractivity contribution in [2.24, 2.45) is 10.6 Å². The van der Waals surface area contributed by atoms with E-state index in [0.717, 1.165) is 11.3 Å². The van der Waals surface area contributed by atoms with E-state index in [9.17, 15) is 14.0 Å². The van der Waals surface area contributed by atoms with Crippen LogP contribution in [0, 0.1) is 11.2 Å². The first-order valence-corrected chi connectivity index (χ1v) is 10.5. The van der Waals surface area contributed by atoms with Crippen molar-refractivity contribution >= 4 is 17.6 Å². The van der Waals surface area contributed by atoms with E-state index in [1.807, 2.05) is 0 Å². The summed E-state index contributed by atoms with van der Waals surface area (Å²) in [7, 11) is 0. The number of benzene rings is 1. The van der Waals surface area contributed by atoms with Gasteiger partial charge < -0.3 is 18.9 Å². The van der Waals surface area contributed by atoms with Gasteiger partial charge in [0.25, 0.3) is 5.91 Å². The Kier molecular flexibility index (Phi) is 6.06. The van der Waals surface area contributed by atoms with Crippen LogP contribution in [0.25, 0.3) is 0 Å². The lowest BCUT2D eigenvalue weighted by Gasteiger charge is -2.40. The second-order valence-corrected chi connectivity index (χ2v) is 7.95. The Hall–Kier alpha value is -3.16. The van der Waals surface area contributed by atoms with Crippen molar-refractivity contribution in [2.45, 2.75) is 38.7 Å². The molecule has 164 valence electrons. The molecule has 0 bridgehead atoms. The lowest BCUT2D eigenvalue weighted by atomic mass is 9.73. The highest BCUT2D eigenvalue weighted by atomic mass is 19.1. The van der Waals surface area contributed by atoms with Crippen molar-refractivity contribution < 1.29 is 28.0 Å². The van der Waals surface area contributed by atoms with Gasteiger partial charge in [0, 0.05) is 25.9 Å². The van der Waals surface area contributed by atoms with Gasteiger partial charge in [-0.2, -0.15) is 0 Å². The number of piperidine rings is 1. The zero-order valence-corrected chi connectivity index (χ0v) is 17.4. The quantitative estimate of drug-likeness (QED) is 0.654. The number of hydrogen-bond acceptors (Lipinski definition) is 6. The van der Waals surface area contributed by atoms with E-state index in [-0.39, 0.29) is 23.8 Å². The van der Waals surface area contributed by atoms with Crippen LogP contribution in [0.3, 0.4) is 0 Å². The third kappa shape index (κ3) is 4.47. The molecular weight excluding hydrogens is 403 g/mol. The van der Waals surface area contributed by atoms with Crippen LogP contribution in [-0.2, 0) is 14.4 Å². The van der Waals surface area contributed by atoms with Crippen LogP contribution in [0.1, 0.15) is 48.7 Å². The number of hydrogen-bond donors (Lipinski definition) is 0. The monoisotopic (exact) mass is 428 g/mol. The van der Waals surface area contributed by atoms with Crippen LogP contribution >= 0.6 is 0 Å². The van der Waals surface area contributed by atoms with E-state index in [1.165, 1.54) is 18.4 Å². The van der Waals surface area contributed by atoms with E-state index in [4.69, 9.17) is 14.0 Å². The number of halogens is 1. The molecule has 0 saturated carbocycles. The number of likely N-dealkylation sites (tertiary alicyclic amines) is 1. The second kappa shape index (κ2) is 8.91. The predicted molar refractivity (Wildman–Crippen MR) is 110 cm³/mol. The van der Waals surface area contributed by atoms with Gasteiger partial charge in [0.05, 0.1) is 24.0 Å². The van der Waals surface area contributed by atoms with Crippen LogP contribution in [0.15, 0.2) is 52.2 Å². The molecule has 1 aromatic heterocycles.